The molecular formula is C11H15FN2O3S. The minimum absolute atomic E-state index is 0.0211. The molecule has 1 aromatic rings. The second kappa shape index (κ2) is 6.55. The number of rotatable bonds is 6. The molecule has 0 aliphatic heterocycles. The molecule has 2 atom stereocenters. The predicted molar refractivity (Wildman–Crippen MR) is 70.5 cm³/mol. The van der Waals surface area contributed by atoms with Crippen LogP contribution in [-0.4, -0.2) is 34.2 Å². The van der Waals surface area contributed by atoms with Gasteiger partial charge >= 0.3 is 0 Å². The number of aliphatic hydroxyl groups is 1. The van der Waals surface area contributed by atoms with Gasteiger partial charge in [-0.25, -0.2) is 4.39 Å². The van der Waals surface area contributed by atoms with Crippen molar-refractivity contribution in [3.05, 3.63) is 34.1 Å². The van der Waals surface area contributed by atoms with Crippen molar-refractivity contribution in [2.45, 2.75) is 18.2 Å². The van der Waals surface area contributed by atoms with Crippen LogP contribution in [0.25, 0.3) is 0 Å². The van der Waals surface area contributed by atoms with Gasteiger partial charge in [0, 0.05) is 23.0 Å². The number of anilines is 1. The van der Waals surface area contributed by atoms with E-state index in [1.54, 1.807) is 0 Å². The molecule has 0 aromatic heterocycles. The number of hydrogen-bond acceptors (Lipinski definition) is 5. The van der Waals surface area contributed by atoms with E-state index < -0.39 is 10.7 Å². The fraction of sp³-hybridized carbons (Fsp3) is 0.455. The molecule has 1 aromatic carbocycles. The fourth-order valence-corrected chi connectivity index (χ4v) is 2.18. The average Bonchev–Trinajstić information content (AvgIpc) is 2.29. The minimum atomic E-state index is -0.663. The number of hydrogen-bond donors (Lipinski definition) is 2. The molecule has 1 rings (SSSR count). The number of nitro groups is 1. The molecule has 0 saturated carbocycles. The number of non-ortho nitro benzene ring substituents is 1. The number of nitrogens with one attached hydrogen (secondary N) is 1. The Bertz CT molecular complexity index is 427. The van der Waals surface area contributed by atoms with Gasteiger partial charge in [-0.2, -0.15) is 11.8 Å². The van der Waals surface area contributed by atoms with Gasteiger partial charge in [-0.1, -0.05) is 0 Å². The molecule has 0 aliphatic carbocycles. The Morgan fingerprint density at radius 1 is 1.56 bits per heavy atom. The molecule has 0 heterocycles. The van der Waals surface area contributed by atoms with E-state index in [0.717, 1.165) is 6.07 Å². The molecule has 18 heavy (non-hydrogen) atoms. The highest BCUT2D eigenvalue weighted by atomic mass is 32.2. The third-order valence-corrected chi connectivity index (χ3v) is 3.69. The summed E-state index contributed by atoms with van der Waals surface area (Å²) >= 11 is 1.47. The number of thioether (sulfide) groups is 1. The summed E-state index contributed by atoms with van der Waals surface area (Å²) in [5, 5.41) is 22.6. The van der Waals surface area contributed by atoms with Gasteiger partial charge in [0.2, 0.25) is 0 Å². The number of nitrogens with zero attached hydrogens (tertiary/aromatic N) is 1. The molecule has 100 valence electrons. The van der Waals surface area contributed by atoms with E-state index in [-0.39, 0.29) is 23.6 Å². The first-order valence-electron chi connectivity index (χ1n) is 5.33. The molecule has 0 aliphatic rings. The smallest absolute Gasteiger partial charge is 0.274 e. The average molecular weight is 274 g/mol. The first-order chi connectivity index (χ1) is 8.47. The zero-order valence-corrected chi connectivity index (χ0v) is 10.9. The van der Waals surface area contributed by atoms with E-state index in [4.69, 9.17) is 5.11 Å². The highest BCUT2D eigenvalue weighted by Gasteiger charge is 2.17. The van der Waals surface area contributed by atoms with Crippen molar-refractivity contribution in [1.82, 2.24) is 0 Å². The first kappa shape index (κ1) is 14.7. The quantitative estimate of drug-likeness (QED) is 0.614. The van der Waals surface area contributed by atoms with Crippen molar-refractivity contribution in [2.75, 3.05) is 18.2 Å². The second-order valence-electron chi connectivity index (χ2n) is 3.84. The summed E-state index contributed by atoms with van der Waals surface area (Å²) in [6.07, 6.45) is 1.85. The molecule has 0 fully saturated rings. The standard InChI is InChI=1S/C11H15FN2O3S/c1-7(11(6-15)18-2)13-9-3-8(12)4-10(5-9)14(16)17/h3-5,7,11,13,15H,6H2,1-2H3. The molecule has 0 saturated heterocycles. The normalized spacial score (nSPS) is 14.0. The molecule has 0 spiro atoms. The summed E-state index contributed by atoms with van der Waals surface area (Å²) in [7, 11) is 0. The van der Waals surface area contributed by atoms with Gasteiger partial charge in [-0.05, 0) is 19.2 Å². The van der Waals surface area contributed by atoms with Crippen LogP contribution < -0.4 is 5.32 Å². The third-order valence-electron chi connectivity index (χ3n) is 2.53. The zero-order chi connectivity index (χ0) is 13.7. The molecule has 7 heteroatoms. The maximum atomic E-state index is 13.2. The topological polar surface area (TPSA) is 75.4 Å². The molecule has 2 unspecified atom stereocenters. The summed E-state index contributed by atoms with van der Waals surface area (Å²) in [6, 6.07) is 3.20. The van der Waals surface area contributed by atoms with Crippen LogP contribution in [0.2, 0.25) is 0 Å². The van der Waals surface area contributed by atoms with Gasteiger partial charge in [0.25, 0.3) is 5.69 Å². The van der Waals surface area contributed by atoms with Gasteiger partial charge in [0.15, 0.2) is 0 Å². The number of aliphatic hydroxyl groups excluding tert-OH is 1. The Morgan fingerprint density at radius 2 is 2.22 bits per heavy atom. The van der Waals surface area contributed by atoms with E-state index in [9.17, 15) is 14.5 Å². The van der Waals surface area contributed by atoms with Crippen molar-refractivity contribution in [3.8, 4) is 0 Å². The Balaban J connectivity index is 2.87. The monoisotopic (exact) mass is 274 g/mol. The van der Waals surface area contributed by atoms with Crippen LogP contribution in [0.4, 0.5) is 15.8 Å². The Kier molecular flexibility index (Phi) is 5.36. The van der Waals surface area contributed by atoms with Crippen molar-refractivity contribution in [3.63, 3.8) is 0 Å². The van der Waals surface area contributed by atoms with E-state index in [0.29, 0.717) is 5.69 Å². The Labute approximate surface area is 109 Å². The highest BCUT2D eigenvalue weighted by molar-refractivity contribution is 7.99. The van der Waals surface area contributed by atoms with Gasteiger partial charge in [-0.3, -0.25) is 10.1 Å². The molecule has 0 radical (unpaired) electrons. The third kappa shape index (κ3) is 3.85. The van der Waals surface area contributed by atoms with Crippen LogP contribution in [-0.2, 0) is 0 Å². The molecule has 0 amide bonds. The van der Waals surface area contributed by atoms with Crippen molar-refractivity contribution in [1.29, 1.82) is 0 Å². The minimum Gasteiger partial charge on any atom is -0.395 e. The summed E-state index contributed by atoms with van der Waals surface area (Å²) in [5.41, 5.74) is 0.0381. The van der Waals surface area contributed by atoms with Crippen molar-refractivity contribution < 1.29 is 14.4 Å². The number of halogens is 1. The highest BCUT2D eigenvalue weighted by Crippen LogP contribution is 2.22. The first-order valence-corrected chi connectivity index (χ1v) is 6.62. The Hall–Kier alpha value is -1.34. The molecule has 0 bridgehead atoms. The lowest BCUT2D eigenvalue weighted by molar-refractivity contribution is -0.385. The fourth-order valence-electron chi connectivity index (χ4n) is 1.56. The summed E-state index contributed by atoms with van der Waals surface area (Å²) in [4.78, 5) is 9.96. The number of nitro benzene ring substituents is 1. The lowest BCUT2D eigenvalue weighted by Gasteiger charge is -2.22. The maximum Gasteiger partial charge on any atom is 0.274 e. The van der Waals surface area contributed by atoms with E-state index in [1.165, 1.54) is 23.9 Å². The van der Waals surface area contributed by atoms with Gasteiger partial charge in [0.1, 0.15) is 5.82 Å². The maximum absolute atomic E-state index is 13.2. The molecule has 2 N–H and O–H groups in total. The lowest BCUT2D eigenvalue weighted by atomic mass is 10.2. The van der Waals surface area contributed by atoms with Gasteiger partial charge < -0.3 is 10.4 Å². The largest absolute Gasteiger partial charge is 0.395 e. The molecular weight excluding hydrogens is 259 g/mol. The molecule has 5 nitrogen and oxygen atoms in total. The predicted octanol–water partition coefficient (Wildman–Crippen LogP) is 2.26. The van der Waals surface area contributed by atoms with Crippen LogP contribution in [0, 0.1) is 15.9 Å². The van der Waals surface area contributed by atoms with Crippen LogP contribution in [0.3, 0.4) is 0 Å². The van der Waals surface area contributed by atoms with Crippen LogP contribution >= 0.6 is 11.8 Å². The summed E-state index contributed by atoms with van der Waals surface area (Å²) in [6.45, 7) is 1.81. The van der Waals surface area contributed by atoms with E-state index >= 15 is 0 Å². The van der Waals surface area contributed by atoms with E-state index in [2.05, 4.69) is 5.32 Å². The zero-order valence-electron chi connectivity index (χ0n) is 10.1. The van der Waals surface area contributed by atoms with E-state index in [1.807, 2.05) is 13.2 Å². The number of benzene rings is 1. The lowest BCUT2D eigenvalue weighted by Crippen LogP contribution is -2.30. The van der Waals surface area contributed by atoms with Crippen molar-refractivity contribution in [2.24, 2.45) is 0 Å². The van der Waals surface area contributed by atoms with Crippen molar-refractivity contribution >= 4 is 23.1 Å². The van der Waals surface area contributed by atoms with Crippen LogP contribution in [0.15, 0.2) is 18.2 Å². The Morgan fingerprint density at radius 3 is 2.72 bits per heavy atom. The summed E-state index contributed by atoms with van der Waals surface area (Å²) < 4.78 is 13.2. The SMILES string of the molecule is CSC(CO)C(C)Nc1cc(F)cc([N+](=O)[O-])c1. The van der Waals surface area contributed by atoms with Crippen LogP contribution in [0.5, 0.6) is 0 Å². The van der Waals surface area contributed by atoms with Gasteiger partial charge in [-0.15, -0.1) is 0 Å². The van der Waals surface area contributed by atoms with Gasteiger partial charge in [0.05, 0.1) is 17.6 Å². The summed E-state index contributed by atoms with van der Waals surface area (Å²) in [5.74, 6) is -0.663. The van der Waals surface area contributed by atoms with Crippen LogP contribution in [0.1, 0.15) is 6.92 Å². The second-order valence-corrected chi connectivity index (χ2v) is 4.92.